The molecule has 5 heteroatoms. The number of ether oxygens (including phenoxy) is 1. The molecule has 1 unspecified atom stereocenters. The smallest absolute Gasteiger partial charge is 0.222 e. The average molecular weight is 256 g/mol. The van der Waals surface area contributed by atoms with Crippen LogP contribution in [0.15, 0.2) is 6.07 Å². The van der Waals surface area contributed by atoms with Crippen molar-refractivity contribution in [1.82, 2.24) is 5.32 Å². The van der Waals surface area contributed by atoms with E-state index < -0.39 is 0 Å². The van der Waals surface area contributed by atoms with Crippen LogP contribution in [0, 0.1) is 13.8 Å². The largest absolute Gasteiger partial charge is 0.380 e. The maximum Gasteiger partial charge on any atom is 0.222 e. The molecular weight excluding hydrogens is 236 g/mol. The number of nitrogens with one attached hydrogen (secondary N) is 1. The molecule has 0 aliphatic heterocycles. The molecule has 1 amide bonds. The number of hydrogen-bond acceptors (Lipinski definition) is 4. The third-order valence-electron chi connectivity index (χ3n) is 2.69. The predicted octanol–water partition coefficient (Wildman–Crippen LogP) is 1.34. The van der Waals surface area contributed by atoms with E-state index in [2.05, 4.69) is 25.2 Å². The highest BCUT2D eigenvalue weighted by Crippen LogP contribution is 2.20. The molecule has 1 rings (SSSR count). The van der Waals surface area contributed by atoms with E-state index in [4.69, 9.17) is 10.5 Å². The summed E-state index contributed by atoms with van der Waals surface area (Å²) < 4.78 is 5.06. The van der Waals surface area contributed by atoms with Crippen LogP contribution in [-0.4, -0.2) is 25.7 Å². The zero-order chi connectivity index (χ0) is 12.8. The molecule has 0 bridgehead atoms. The summed E-state index contributed by atoms with van der Waals surface area (Å²) in [7, 11) is 1.57. The Morgan fingerprint density at radius 1 is 1.59 bits per heavy atom. The molecule has 3 N–H and O–H groups in total. The molecule has 1 aromatic rings. The first-order valence-electron chi connectivity index (χ1n) is 5.62. The van der Waals surface area contributed by atoms with Gasteiger partial charge in [-0.2, -0.15) is 0 Å². The number of nitrogens with two attached hydrogens (primary N) is 1. The summed E-state index contributed by atoms with van der Waals surface area (Å²) in [6, 6.07) is 2.11. The molecule has 1 aromatic heterocycles. The lowest BCUT2D eigenvalue weighted by molar-refractivity contribution is -0.123. The van der Waals surface area contributed by atoms with Crippen molar-refractivity contribution in [2.75, 3.05) is 13.7 Å². The summed E-state index contributed by atoms with van der Waals surface area (Å²) in [5, 5.41) is 2.87. The van der Waals surface area contributed by atoms with Crippen molar-refractivity contribution in [3.05, 3.63) is 21.4 Å². The van der Waals surface area contributed by atoms with Crippen LogP contribution >= 0.6 is 11.3 Å². The zero-order valence-electron chi connectivity index (χ0n) is 10.6. The van der Waals surface area contributed by atoms with Gasteiger partial charge in [-0.3, -0.25) is 4.79 Å². The summed E-state index contributed by atoms with van der Waals surface area (Å²) in [6.07, 6.45) is 0.123. The van der Waals surface area contributed by atoms with Crippen molar-refractivity contribution < 1.29 is 9.53 Å². The lowest BCUT2D eigenvalue weighted by Gasteiger charge is -2.12. The van der Waals surface area contributed by atoms with Gasteiger partial charge in [0.1, 0.15) is 0 Å². The first kappa shape index (κ1) is 14.2. The van der Waals surface area contributed by atoms with Crippen LogP contribution in [0.2, 0.25) is 0 Å². The van der Waals surface area contributed by atoms with Crippen molar-refractivity contribution in [3.8, 4) is 0 Å². The molecular formula is C12H20N2O2S. The van der Waals surface area contributed by atoms with Gasteiger partial charge in [-0.1, -0.05) is 0 Å². The minimum Gasteiger partial charge on any atom is -0.380 e. The van der Waals surface area contributed by atoms with E-state index in [0.717, 1.165) is 0 Å². The molecule has 96 valence electrons. The van der Waals surface area contributed by atoms with Crippen molar-refractivity contribution in [3.63, 3.8) is 0 Å². The van der Waals surface area contributed by atoms with Crippen molar-refractivity contribution in [2.24, 2.45) is 5.73 Å². The fourth-order valence-corrected chi connectivity index (χ4v) is 2.46. The third-order valence-corrected chi connectivity index (χ3v) is 3.84. The Labute approximate surface area is 106 Å². The molecule has 0 saturated heterocycles. The molecule has 1 atom stereocenters. The number of hydrogen-bond donors (Lipinski definition) is 2. The SMILES string of the molecule is COC(CN)CC(=O)NCc1cc(C)c(C)s1. The molecule has 0 aliphatic carbocycles. The Balaban J connectivity index is 2.37. The highest BCUT2D eigenvalue weighted by Gasteiger charge is 2.11. The van der Waals surface area contributed by atoms with E-state index in [0.29, 0.717) is 19.5 Å². The Kier molecular flexibility index (Phi) is 5.61. The van der Waals surface area contributed by atoms with Gasteiger partial charge in [0.25, 0.3) is 0 Å². The molecule has 0 spiro atoms. The zero-order valence-corrected chi connectivity index (χ0v) is 11.4. The minimum absolute atomic E-state index is 0.0222. The first-order chi connectivity index (χ1) is 8.06. The van der Waals surface area contributed by atoms with E-state index >= 15 is 0 Å². The van der Waals surface area contributed by atoms with Gasteiger partial charge in [0.2, 0.25) is 5.91 Å². The van der Waals surface area contributed by atoms with Gasteiger partial charge < -0.3 is 15.8 Å². The fourth-order valence-electron chi connectivity index (χ4n) is 1.46. The van der Waals surface area contributed by atoms with Crippen molar-refractivity contribution in [2.45, 2.75) is 32.9 Å². The maximum atomic E-state index is 11.6. The highest BCUT2D eigenvalue weighted by molar-refractivity contribution is 7.12. The monoisotopic (exact) mass is 256 g/mol. The van der Waals surface area contributed by atoms with Crippen molar-refractivity contribution in [1.29, 1.82) is 0 Å². The van der Waals surface area contributed by atoms with Crippen LogP contribution in [0.4, 0.5) is 0 Å². The van der Waals surface area contributed by atoms with Crippen LogP contribution in [0.1, 0.15) is 21.7 Å². The molecule has 0 saturated carbocycles. The number of carbonyl (C=O) groups excluding carboxylic acids is 1. The molecule has 0 radical (unpaired) electrons. The number of amides is 1. The standard InChI is InChI=1S/C12H20N2O2S/c1-8-4-11(17-9(8)2)7-14-12(15)5-10(6-13)16-3/h4,10H,5-7,13H2,1-3H3,(H,14,15). The van der Waals surface area contributed by atoms with Crippen LogP contribution < -0.4 is 11.1 Å². The summed E-state index contributed by atoms with van der Waals surface area (Å²) in [5.74, 6) is -0.0222. The fraction of sp³-hybridized carbons (Fsp3) is 0.583. The van der Waals surface area contributed by atoms with Gasteiger partial charge in [-0.25, -0.2) is 0 Å². The summed E-state index contributed by atoms with van der Waals surface area (Å²) >= 11 is 1.72. The Morgan fingerprint density at radius 3 is 2.76 bits per heavy atom. The van der Waals surface area contributed by atoms with Crippen LogP contribution in [-0.2, 0) is 16.1 Å². The van der Waals surface area contributed by atoms with E-state index in [1.54, 1.807) is 18.4 Å². The number of rotatable bonds is 6. The molecule has 0 aromatic carbocycles. The number of aryl methyl sites for hydroxylation is 2. The quantitative estimate of drug-likeness (QED) is 0.807. The molecule has 1 heterocycles. The second kappa shape index (κ2) is 6.74. The first-order valence-corrected chi connectivity index (χ1v) is 6.44. The Bertz CT molecular complexity index is 353. The topological polar surface area (TPSA) is 64.3 Å². The van der Waals surface area contributed by atoms with Gasteiger partial charge in [0.15, 0.2) is 0 Å². The lowest BCUT2D eigenvalue weighted by Crippen LogP contribution is -2.31. The second-order valence-corrected chi connectivity index (χ2v) is 5.37. The summed E-state index contributed by atoms with van der Waals surface area (Å²) in [4.78, 5) is 14.1. The normalized spacial score (nSPS) is 12.5. The predicted molar refractivity (Wildman–Crippen MR) is 70.1 cm³/mol. The van der Waals surface area contributed by atoms with Crippen LogP contribution in [0.3, 0.4) is 0 Å². The number of thiophene rings is 1. The van der Waals surface area contributed by atoms with Gasteiger partial charge in [-0.05, 0) is 25.5 Å². The van der Waals surface area contributed by atoms with E-state index in [1.165, 1.54) is 15.3 Å². The molecule has 17 heavy (non-hydrogen) atoms. The van der Waals surface area contributed by atoms with Crippen LogP contribution in [0.25, 0.3) is 0 Å². The second-order valence-electron chi connectivity index (χ2n) is 4.03. The lowest BCUT2D eigenvalue weighted by atomic mass is 10.2. The molecule has 0 aliphatic rings. The van der Waals surface area contributed by atoms with Gasteiger partial charge in [0.05, 0.1) is 19.1 Å². The molecule has 4 nitrogen and oxygen atoms in total. The summed E-state index contributed by atoms with van der Waals surface area (Å²) in [5.41, 5.74) is 6.73. The average Bonchev–Trinajstić information content (AvgIpc) is 2.63. The van der Waals surface area contributed by atoms with Gasteiger partial charge >= 0.3 is 0 Å². The van der Waals surface area contributed by atoms with Crippen molar-refractivity contribution >= 4 is 17.2 Å². The van der Waals surface area contributed by atoms with Gasteiger partial charge in [-0.15, -0.1) is 11.3 Å². The maximum absolute atomic E-state index is 11.6. The van der Waals surface area contributed by atoms with Crippen LogP contribution in [0.5, 0.6) is 0 Å². The number of carbonyl (C=O) groups is 1. The third kappa shape index (κ3) is 4.46. The van der Waals surface area contributed by atoms with E-state index in [1.807, 2.05) is 0 Å². The number of methoxy groups -OCH3 is 1. The Hall–Kier alpha value is -0.910. The van der Waals surface area contributed by atoms with Gasteiger partial charge in [0, 0.05) is 23.4 Å². The summed E-state index contributed by atoms with van der Waals surface area (Å²) in [6.45, 7) is 5.10. The van der Waals surface area contributed by atoms with E-state index in [9.17, 15) is 4.79 Å². The van der Waals surface area contributed by atoms with E-state index in [-0.39, 0.29) is 12.0 Å². The Morgan fingerprint density at radius 2 is 2.29 bits per heavy atom. The molecule has 0 fully saturated rings. The highest BCUT2D eigenvalue weighted by atomic mass is 32.1. The minimum atomic E-state index is -0.193.